The number of rotatable bonds is 9. The van der Waals surface area contributed by atoms with E-state index in [1.54, 1.807) is 0 Å². The Hall–Kier alpha value is -1.86. The summed E-state index contributed by atoms with van der Waals surface area (Å²) in [4.78, 5) is 23.9. The van der Waals surface area contributed by atoms with Crippen LogP contribution in [0, 0.1) is 11.8 Å². The third-order valence-electron chi connectivity index (χ3n) is 7.08. The first-order valence-electron chi connectivity index (χ1n) is 12.0. The second-order valence-electron chi connectivity index (χ2n) is 10.3. The number of amides is 1. The lowest BCUT2D eigenvalue weighted by Crippen LogP contribution is -2.41. The van der Waals surface area contributed by atoms with Gasteiger partial charge in [0.25, 0.3) is 0 Å². The van der Waals surface area contributed by atoms with Crippen molar-refractivity contribution in [1.82, 2.24) is 5.32 Å². The zero-order valence-electron chi connectivity index (χ0n) is 20.2. The van der Waals surface area contributed by atoms with E-state index in [1.807, 2.05) is 58.9 Å². The van der Waals surface area contributed by atoms with Crippen molar-refractivity contribution in [2.75, 3.05) is 6.54 Å². The van der Waals surface area contributed by atoms with Crippen molar-refractivity contribution in [3.8, 4) is 0 Å². The molecule has 0 radical (unpaired) electrons. The molecular weight excluding hydrogens is 405 g/mol. The predicted octanol–water partition coefficient (Wildman–Crippen LogP) is 3.75. The molecule has 32 heavy (non-hydrogen) atoms. The van der Waals surface area contributed by atoms with Crippen LogP contribution in [0.3, 0.4) is 0 Å². The second-order valence-corrected chi connectivity index (χ2v) is 10.3. The summed E-state index contributed by atoms with van der Waals surface area (Å²) in [6.45, 7) is 11.1. The molecule has 176 valence electrons. The summed E-state index contributed by atoms with van der Waals surface area (Å²) in [6, 6.07) is 7.86. The van der Waals surface area contributed by atoms with Crippen LogP contribution in [0.25, 0.3) is 0 Å². The number of ether oxygens (including phenoxy) is 1. The van der Waals surface area contributed by atoms with E-state index in [2.05, 4.69) is 5.32 Å². The molecule has 6 nitrogen and oxygen atoms in total. The van der Waals surface area contributed by atoms with Crippen molar-refractivity contribution in [3.63, 3.8) is 0 Å². The van der Waals surface area contributed by atoms with Gasteiger partial charge in [0.15, 0.2) is 0 Å². The highest BCUT2D eigenvalue weighted by Crippen LogP contribution is 2.36. The Morgan fingerprint density at radius 1 is 1.06 bits per heavy atom. The van der Waals surface area contributed by atoms with Gasteiger partial charge >= 0.3 is 13.1 Å². The van der Waals surface area contributed by atoms with Crippen molar-refractivity contribution < 1.29 is 23.6 Å². The predicted molar refractivity (Wildman–Crippen MR) is 125 cm³/mol. The monoisotopic (exact) mass is 443 g/mol. The summed E-state index contributed by atoms with van der Waals surface area (Å²) < 4.78 is 17.7. The first-order chi connectivity index (χ1) is 15.1. The molecule has 7 heteroatoms. The maximum Gasteiger partial charge on any atom is 0.494 e. The van der Waals surface area contributed by atoms with Crippen molar-refractivity contribution in [3.05, 3.63) is 29.8 Å². The SMILES string of the molecule is CCCC(=O)NCC1CCC(CC(=O)OCc2ccc(B3OC(C)(C)C(C)(C)O3)cc2)C1. The number of hydrogen-bond donors (Lipinski definition) is 1. The Morgan fingerprint density at radius 3 is 2.31 bits per heavy atom. The summed E-state index contributed by atoms with van der Waals surface area (Å²) in [6.07, 6.45) is 4.96. The van der Waals surface area contributed by atoms with E-state index in [4.69, 9.17) is 14.0 Å². The maximum atomic E-state index is 12.3. The molecule has 1 aromatic carbocycles. The van der Waals surface area contributed by atoms with Gasteiger partial charge in [-0.2, -0.15) is 0 Å². The summed E-state index contributed by atoms with van der Waals surface area (Å²) in [5.41, 5.74) is 1.17. The fourth-order valence-corrected chi connectivity index (χ4v) is 4.33. The lowest BCUT2D eigenvalue weighted by Gasteiger charge is -2.32. The lowest BCUT2D eigenvalue weighted by molar-refractivity contribution is -0.146. The zero-order chi connectivity index (χ0) is 23.4. The third kappa shape index (κ3) is 6.35. The first-order valence-corrected chi connectivity index (χ1v) is 12.0. The van der Waals surface area contributed by atoms with E-state index in [0.29, 0.717) is 24.7 Å². The molecule has 1 saturated heterocycles. The Balaban J connectivity index is 1.39. The molecule has 1 amide bonds. The van der Waals surface area contributed by atoms with Gasteiger partial charge in [-0.25, -0.2) is 0 Å². The Kier molecular flexibility index (Phi) is 8.04. The van der Waals surface area contributed by atoms with Gasteiger partial charge in [0.1, 0.15) is 6.61 Å². The highest BCUT2D eigenvalue weighted by atomic mass is 16.7. The van der Waals surface area contributed by atoms with Crippen LogP contribution in [0.4, 0.5) is 0 Å². The molecule has 2 unspecified atom stereocenters. The van der Waals surface area contributed by atoms with Crippen LogP contribution >= 0.6 is 0 Å². The second kappa shape index (κ2) is 10.4. The van der Waals surface area contributed by atoms with Crippen molar-refractivity contribution >= 4 is 24.5 Å². The standard InChI is InChI=1S/C25H38BNO5/c1-6-7-22(28)27-16-20-9-8-19(14-20)15-23(29)30-17-18-10-12-21(13-11-18)26-31-24(2,3)25(4,5)32-26/h10-13,19-20H,6-9,14-17H2,1-5H3,(H,27,28). The molecule has 1 heterocycles. The molecular formula is C25H38BNO5. The van der Waals surface area contributed by atoms with Crippen LogP contribution in [0.15, 0.2) is 24.3 Å². The number of nitrogens with one attached hydrogen (secondary N) is 1. The van der Waals surface area contributed by atoms with E-state index in [0.717, 1.165) is 43.3 Å². The summed E-state index contributed by atoms with van der Waals surface area (Å²) >= 11 is 0. The van der Waals surface area contributed by atoms with Gasteiger partial charge in [-0.3, -0.25) is 9.59 Å². The molecule has 3 rings (SSSR count). The third-order valence-corrected chi connectivity index (χ3v) is 7.08. The summed E-state index contributed by atoms with van der Waals surface area (Å²) in [7, 11) is -0.390. The zero-order valence-corrected chi connectivity index (χ0v) is 20.2. The summed E-state index contributed by atoms with van der Waals surface area (Å²) in [5.74, 6) is 0.790. The fourth-order valence-electron chi connectivity index (χ4n) is 4.33. The maximum absolute atomic E-state index is 12.3. The molecule has 2 aliphatic rings. The molecule has 0 aromatic heterocycles. The van der Waals surface area contributed by atoms with Crippen molar-refractivity contribution in [1.29, 1.82) is 0 Å². The number of hydrogen-bond acceptors (Lipinski definition) is 5. The van der Waals surface area contributed by atoms with E-state index in [-0.39, 0.29) is 29.7 Å². The Morgan fingerprint density at radius 2 is 1.69 bits per heavy atom. The number of carbonyl (C=O) groups excluding carboxylic acids is 2. The van der Waals surface area contributed by atoms with Crippen LogP contribution in [-0.4, -0.2) is 36.7 Å². The highest BCUT2D eigenvalue weighted by molar-refractivity contribution is 6.62. The number of carbonyl (C=O) groups is 2. The van der Waals surface area contributed by atoms with Crippen molar-refractivity contribution in [2.45, 2.75) is 91.0 Å². The average molecular weight is 443 g/mol. The molecule has 1 aliphatic heterocycles. The molecule has 1 saturated carbocycles. The minimum Gasteiger partial charge on any atom is -0.461 e. The average Bonchev–Trinajstić information content (AvgIpc) is 3.26. The van der Waals surface area contributed by atoms with Gasteiger partial charge < -0.3 is 19.4 Å². The van der Waals surface area contributed by atoms with Crippen LogP contribution in [-0.2, 0) is 30.2 Å². The van der Waals surface area contributed by atoms with E-state index in [1.165, 1.54) is 0 Å². The summed E-state index contributed by atoms with van der Waals surface area (Å²) in [5, 5.41) is 3.01. The lowest BCUT2D eigenvalue weighted by atomic mass is 9.79. The van der Waals surface area contributed by atoms with Crippen molar-refractivity contribution in [2.24, 2.45) is 11.8 Å². The van der Waals surface area contributed by atoms with Crippen LogP contribution in [0.5, 0.6) is 0 Å². The van der Waals surface area contributed by atoms with Gasteiger partial charge in [0.2, 0.25) is 5.91 Å². The van der Waals surface area contributed by atoms with E-state index >= 15 is 0 Å². The molecule has 1 N–H and O–H groups in total. The van der Waals surface area contributed by atoms with Gasteiger partial charge in [-0.1, -0.05) is 31.2 Å². The van der Waals surface area contributed by atoms with Gasteiger partial charge in [-0.05, 0) is 76.2 Å². The quantitative estimate of drug-likeness (QED) is 0.465. The van der Waals surface area contributed by atoms with E-state index < -0.39 is 7.12 Å². The Labute approximate surface area is 192 Å². The normalized spacial score (nSPS) is 23.8. The molecule has 1 aromatic rings. The number of benzene rings is 1. The molecule has 2 atom stereocenters. The van der Waals surface area contributed by atoms with E-state index in [9.17, 15) is 9.59 Å². The first kappa shape index (κ1) is 24.8. The Bertz CT molecular complexity index is 776. The van der Waals surface area contributed by atoms with Gasteiger partial charge in [0, 0.05) is 19.4 Å². The smallest absolute Gasteiger partial charge is 0.461 e. The highest BCUT2D eigenvalue weighted by Gasteiger charge is 2.51. The van der Waals surface area contributed by atoms with Crippen LogP contribution in [0.1, 0.15) is 78.7 Å². The molecule has 0 spiro atoms. The van der Waals surface area contributed by atoms with Gasteiger partial charge in [-0.15, -0.1) is 0 Å². The topological polar surface area (TPSA) is 73.9 Å². The molecule has 2 fully saturated rings. The van der Waals surface area contributed by atoms with Crippen LogP contribution in [0.2, 0.25) is 0 Å². The fraction of sp³-hybridized carbons (Fsp3) is 0.680. The number of esters is 1. The minimum absolute atomic E-state index is 0.125. The molecule has 1 aliphatic carbocycles. The largest absolute Gasteiger partial charge is 0.494 e. The van der Waals surface area contributed by atoms with Gasteiger partial charge in [0.05, 0.1) is 11.2 Å². The molecule has 0 bridgehead atoms. The van der Waals surface area contributed by atoms with Crippen LogP contribution < -0.4 is 10.8 Å². The minimum atomic E-state index is -0.390.